The number of ketones is 1. The van der Waals surface area contributed by atoms with Crippen LogP contribution in [0.1, 0.15) is 105 Å². The molecule has 4 nitrogen and oxygen atoms in total. The molecule has 1 aromatic rings. The summed E-state index contributed by atoms with van der Waals surface area (Å²) in [5.41, 5.74) is -0.555. The number of Topliss-reactive ketones (excluding diaryl/α,β-unsaturated/α-hetero) is 1. The lowest BCUT2D eigenvalue weighted by Gasteiger charge is -2.71. The summed E-state index contributed by atoms with van der Waals surface area (Å²) in [5.74, 6) is 0.801. The highest BCUT2D eigenvalue weighted by Gasteiger charge is 2.74. The predicted molar refractivity (Wildman–Crippen MR) is 161 cm³/mol. The van der Waals surface area contributed by atoms with Gasteiger partial charge in [-0.2, -0.15) is 0 Å². The van der Waals surface area contributed by atoms with Crippen LogP contribution < -0.4 is 0 Å². The van der Waals surface area contributed by atoms with Crippen LogP contribution in [0, 0.1) is 40.4 Å². The summed E-state index contributed by atoms with van der Waals surface area (Å²) in [6, 6.07) is 4.09. The molecular formula is C35H49NO3S. The van der Waals surface area contributed by atoms with E-state index in [1.807, 2.05) is 6.07 Å². The normalized spacial score (nSPS) is 46.6. The third kappa shape index (κ3) is 3.63. The number of aryl methyl sites for hydroxylation is 1. The number of β-amino-alcohol motifs (C(OH)–C–C–N with tert-alkyl or cyclic N) is 1. The number of hydrogen-bond acceptors (Lipinski definition) is 5. The van der Waals surface area contributed by atoms with Gasteiger partial charge >= 0.3 is 0 Å². The van der Waals surface area contributed by atoms with Crippen molar-refractivity contribution in [3.05, 3.63) is 45.7 Å². The van der Waals surface area contributed by atoms with Gasteiger partial charge in [0, 0.05) is 33.2 Å². The number of aliphatic hydroxyl groups is 2. The molecule has 1 aliphatic heterocycles. The maximum atomic E-state index is 14.5. The molecule has 0 aromatic carbocycles. The van der Waals surface area contributed by atoms with E-state index in [2.05, 4.69) is 50.0 Å². The molecule has 1 saturated heterocycles. The van der Waals surface area contributed by atoms with E-state index in [1.165, 1.54) is 37.0 Å². The lowest BCUT2D eigenvalue weighted by atomic mass is 9.32. The number of aliphatic hydroxyl groups excluding tert-OH is 1. The first-order valence-corrected chi connectivity index (χ1v) is 17.1. The van der Waals surface area contributed by atoms with Crippen LogP contribution in [0.4, 0.5) is 0 Å². The molecule has 1 unspecified atom stereocenters. The van der Waals surface area contributed by atoms with E-state index in [9.17, 15) is 15.0 Å². The standard InChI is InChI=1S/C35H49NO3S/c1-24-9-10-27(40-24)30(38)26-22-33-17-18-35(26)28(31(33,2)14-11-25(37)21-33)12-15-32(3)29(35)13-16-34(32,39)23-36-19-7-5-4-6-8-20-36/h9-10,17-18,22,25,28-29,37,39H,4-8,11-16,19-21,23H2,1-3H3/t25?,28-,29-,31-,32+,33+,34-,35-/m1/s1. The lowest BCUT2D eigenvalue weighted by Crippen LogP contribution is -2.67. The maximum Gasteiger partial charge on any atom is 0.199 e. The molecular weight excluding hydrogens is 514 g/mol. The van der Waals surface area contributed by atoms with Gasteiger partial charge in [0.2, 0.25) is 0 Å². The number of thiophene rings is 1. The lowest BCUT2D eigenvalue weighted by molar-refractivity contribution is -0.176. The quantitative estimate of drug-likeness (QED) is 0.303. The van der Waals surface area contributed by atoms with Crippen LogP contribution in [0.25, 0.3) is 0 Å². The molecule has 218 valence electrons. The molecule has 8 rings (SSSR count). The molecule has 1 aromatic heterocycles. The second kappa shape index (κ2) is 9.36. The fourth-order valence-electron chi connectivity index (χ4n) is 11.1. The Morgan fingerprint density at radius 1 is 0.950 bits per heavy atom. The van der Waals surface area contributed by atoms with Crippen molar-refractivity contribution < 1.29 is 15.0 Å². The average molecular weight is 564 g/mol. The van der Waals surface area contributed by atoms with Crippen LogP contribution >= 0.6 is 11.3 Å². The largest absolute Gasteiger partial charge is 0.393 e. The first-order valence-electron chi connectivity index (χ1n) is 16.2. The fraction of sp³-hybridized carbons (Fsp3) is 0.743. The highest BCUT2D eigenvalue weighted by Crippen LogP contribution is 2.78. The summed E-state index contributed by atoms with van der Waals surface area (Å²) in [4.78, 5) is 19.1. The number of allylic oxidation sites excluding steroid dienone is 4. The molecule has 0 amide bonds. The Bertz CT molecular complexity index is 1240. The van der Waals surface area contributed by atoms with Gasteiger partial charge in [0.15, 0.2) is 5.78 Å². The van der Waals surface area contributed by atoms with Gasteiger partial charge in [-0.1, -0.05) is 51.3 Å². The third-order valence-electron chi connectivity index (χ3n) is 13.4. The molecule has 40 heavy (non-hydrogen) atoms. The summed E-state index contributed by atoms with van der Waals surface area (Å²) >= 11 is 1.61. The molecule has 7 aliphatic rings. The number of hydrogen-bond donors (Lipinski definition) is 2. The van der Waals surface area contributed by atoms with Crippen LogP contribution in [-0.2, 0) is 0 Å². The van der Waals surface area contributed by atoms with Crippen molar-refractivity contribution in [3.63, 3.8) is 0 Å². The van der Waals surface area contributed by atoms with Crippen molar-refractivity contribution in [2.75, 3.05) is 19.6 Å². The monoisotopic (exact) mass is 563 g/mol. The van der Waals surface area contributed by atoms with Gasteiger partial charge in [-0.25, -0.2) is 0 Å². The average Bonchev–Trinajstić information content (AvgIpc) is 3.45. The molecule has 8 atom stereocenters. The second-order valence-corrected chi connectivity index (χ2v) is 16.4. The summed E-state index contributed by atoms with van der Waals surface area (Å²) in [5, 5.41) is 23.5. The van der Waals surface area contributed by atoms with Gasteiger partial charge in [-0.05, 0) is 107 Å². The molecule has 6 aliphatic carbocycles. The van der Waals surface area contributed by atoms with Crippen molar-refractivity contribution in [3.8, 4) is 0 Å². The Labute approximate surface area is 244 Å². The van der Waals surface area contributed by atoms with E-state index >= 15 is 0 Å². The predicted octanol–water partition coefficient (Wildman–Crippen LogP) is 7.10. The van der Waals surface area contributed by atoms with Gasteiger partial charge in [-0.15, -0.1) is 11.3 Å². The topological polar surface area (TPSA) is 60.8 Å². The number of nitrogens with zero attached hydrogens (tertiary/aromatic N) is 1. The molecule has 2 heterocycles. The number of carbonyl (C=O) groups is 1. The summed E-state index contributed by atoms with van der Waals surface area (Å²) in [6.45, 7) is 9.90. The van der Waals surface area contributed by atoms with Gasteiger partial charge < -0.3 is 15.1 Å². The van der Waals surface area contributed by atoms with Crippen molar-refractivity contribution in [2.24, 2.45) is 33.5 Å². The molecule has 2 bridgehead atoms. The molecule has 4 fully saturated rings. The van der Waals surface area contributed by atoms with E-state index in [0.29, 0.717) is 12.3 Å². The van der Waals surface area contributed by atoms with Gasteiger partial charge in [0.25, 0.3) is 0 Å². The Hall–Kier alpha value is -1.27. The zero-order valence-corrected chi connectivity index (χ0v) is 25.7. The minimum atomic E-state index is -0.728. The highest BCUT2D eigenvalue weighted by atomic mass is 32.1. The van der Waals surface area contributed by atoms with E-state index < -0.39 is 5.60 Å². The zero-order chi connectivity index (χ0) is 28.0. The van der Waals surface area contributed by atoms with E-state index in [-0.39, 0.29) is 39.5 Å². The van der Waals surface area contributed by atoms with Gasteiger partial charge in [-0.3, -0.25) is 4.79 Å². The number of carbonyl (C=O) groups excluding carboxylic acids is 1. The van der Waals surface area contributed by atoms with Crippen LogP contribution in [0.15, 0.2) is 35.9 Å². The van der Waals surface area contributed by atoms with Crippen LogP contribution in [0.3, 0.4) is 0 Å². The Morgan fingerprint density at radius 2 is 1.62 bits per heavy atom. The van der Waals surface area contributed by atoms with Crippen LogP contribution in [-0.4, -0.2) is 52.2 Å². The SMILES string of the molecule is Cc1ccc(C(=O)C2=C[C@@]34C=C[C@@]25[C@@H]2CC[C@@](O)(CN6CCCCCCC6)[C@@]2(C)CC[C@@H]5[C@@]3(C)CCC(O)C4)s1. The number of fused-ring (bicyclic) bond motifs is 1. The Kier molecular flexibility index (Phi) is 6.45. The van der Waals surface area contributed by atoms with Gasteiger partial charge in [0.05, 0.1) is 16.6 Å². The third-order valence-corrected chi connectivity index (χ3v) is 14.4. The minimum absolute atomic E-state index is 0.0290. The molecule has 5 heteroatoms. The van der Waals surface area contributed by atoms with Crippen molar-refractivity contribution in [1.29, 1.82) is 0 Å². The van der Waals surface area contributed by atoms with E-state index in [1.54, 1.807) is 11.3 Å². The Balaban J connectivity index is 1.32. The van der Waals surface area contributed by atoms with E-state index in [4.69, 9.17) is 0 Å². The molecule has 2 spiro atoms. The van der Waals surface area contributed by atoms with Crippen LogP contribution in [0.5, 0.6) is 0 Å². The van der Waals surface area contributed by atoms with Crippen molar-refractivity contribution >= 4 is 17.1 Å². The summed E-state index contributed by atoms with van der Waals surface area (Å²) < 4.78 is 0. The van der Waals surface area contributed by atoms with Crippen LogP contribution in [0.2, 0.25) is 0 Å². The zero-order valence-electron chi connectivity index (χ0n) is 24.9. The minimum Gasteiger partial charge on any atom is -0.393 e. The fourth-order valence-corrected chi connectivity index (χ4v) is 11.9. The second-order valence-electron chi connectivity index (χ2n) is 15.1. The highest BCUT2D eigenvalue weighted by molar-refractivity contribution is 7.14. The first kappa shape index (κ1) is 27.6. The smallest absolute Gasteiger partial charge is 0.199 e. The number of likely N-dealkylation sites (tertiary alicyclic amines) is 1. The Morgan fingerprint density at radius 3 is 2.35 bits per heavy atom. The molecule has 2 N–H and O–H groups in total. The molecule has 0 radical (unpaired) electrons. The first-order chi connectivity index (χ1) is 19.1. The van der Waals surface area contributed by atoms with Crippen molar-refractivity contribution in [1.82, 2.24) is 4.90 Å². The molecule has 3 saturated carbocycles. The van der Waals surface area contributed by atoms with Gasteiger partial charge in [0.1, 0.15) is 0 Å². The maximum absolute atomic E-state index is 14.5. The summed E-state index contributed by atoms with van der Waals surface area (Å²) in [6.07, 6.45) is 19.8. The number of rotatable bonds is 4. The summed E-state index contributed by atoms with van der Waals surface area (Å²) in [7, 11) is 0. The van der Waals surface area contributed by atoms with E-state index in [0.717, 1.165) is 68.6 Å². The van der Waals surface area contributed by atoms with Crippen molar-refractivity contribution in [2.45, 2.75) is 110 Å².